The number of fused-ring (bicyclic) bond motifs is 1. The fourth-order valence-electron chi connectivity index (χ4n) is 3.57. The molecule has 0 saturated carbocycles. The Balaban J connectivity index is 1.45. The molecule has 170 valence electrons. The van der Waals surface area contributed by atoms with Crippen molar-refractivity contribution in [2.45, 2.75) is 6.61 Å². The van der Waals surface area contributed by atoms with Crippen LogP contribution < -0.4 is 24.4 Å². The lowest BCUT2D eigenvalue weighted by Gasteiger charge is -2.26. The summed E-state index contributed by atoms with van der Waals surface area (Å²) in [7, 11) is 0. The number of urea groups is 1. The Hall–Kier alpha value is -4.30. The van der Waals surface area contributed by atoms with Crippen molar-refractivity contribution in [3.05, 3.63) is 88.5 Å². The zero-order chi connectivity index (χ0) is 23.7. The normalized spacial score (nSPS) is 16.1. The third-order valence-corrected chi connectivity index (χ3v) is 5.64. The predicted octanol–water partition coefficient (Wildman–Crippen LogP) is 4.31. The van der Waals surface area contributed by atoms with Gasteiger partial charge in [-0.2, -0.15) is 0 Å². The minimum Gasteiger partial charge on any atom is -0.488 e. The molecule has 3 aromatic carbocycles. The van der Waals surface area contributed by atoms with Gasteiger partial charge in [0.2, 0.25) is 6.79 Å². The number of para-hydroxylation sites is 1. The molecule has 0 unspecified atom stereocenters. The van der Waals surface area contributed by atoms with Crippen molar-refractivity contribution in [3.8, 4) is 17.2 Å². The highest BCUT2D eigenvalue weighted by Crippen LogP contribution is 2.36. The topological polar surface area (TPSA) is 94.2 Å². The van der Waals surface area contributed by atoms with Gasteiger partial charge >= 0.3 is 6.03 Å². The van der Waals surface area contributed by atoms with Gasteiger partial charge in [0.1, 0.15) is 17.9 Å². The summed E-state index contributed by atoms with van der Waals surface area (Å²) in [6.07, 6.45) is 1.39. The summed E-state index contributed by atoms with van der Waals surface area (Å²) in [6.45, 7) is 0.245. The van der Waals surface area contributed by atoms with Crippen LogP contribution in [-0.2, 0) is 16.2 Å². The first-order valence-corrected chi connectivity index (χ1v) is 10.7. The van der Waals surface area contributed by atoms with Crippen LogP contribution in [0.3, 0.4) is 0 Å². The van der Waals surface area contributed by atoms with E-state index in [9.17, 15) is 14.4 Å². The van der Waals surface area contributed by atoms with E-state index in [-0.39, 0.29) is 24.7 Å². The van der Waals surface area contributed by atoms with Gasteiger partial charge in [0.25, 0.3) is 11.8 Å². The standard InChI is InChI=1S/C25H17ClN2O6/c26-19-7-3-1-6-16(19)13-32-20-8-4-2-5-15(20)11-18-23(29)27-25(31)28(24(18)30)17-9-10-21-22(12-17)34-14-33-21/h1-12H,13-14H2,(H,27,29,31)/b18-11+. The molecule has 0 aliphatic carbocycles. The molecule has 1 fully saturated rings. The Kier molecular flexibility index (Phi) is 5.65. The van der Waals surface area contributed by atoms with E-state index in [0.717, 1.165) is 10.5 Å². The number of benzene rings is 3. The SMILES string of the molecule is O=C1NC(=O)N(c2ccc3c(c2)OCO3)C(=O)/C1=C/c1ccccc1OCc1ccccc1Cl. The van der Waals surface area contributed by atoms with Gasteiger partial charge in [-0.3, -0.25) is 14.9 Å². The number of halogens is 1. The fourth-order valence-corrected chi connectivity index (χ4v) is 3.76. The van der Waals surface area contributed by atoms with Crippen molar-refractivity contribution in [2.75, 3.05) is 11.7 Å². The van der Waals surface area contributed by atoms with Crippen LogP contribution in [0.15, 0.2) is 72.3 Å². The predicted molar refractivity (Wildman–Crippen MR) is 124 cm³/mol. The zero-order valence-electron chi connectivity index (χ0n) is 17.6. The van der Waals surface area contributed by atoms with E-state index in [4.69, 9.17) is 25.8 Å². The van der Waals surface area contributed by atoms with Gasteiger partial charge in [0.15, 0.2) is 11.5 Å². The van der Waals surface area contributed by atoms with Crippen LogP contribution in [0, 0.1) is 0 Å². The minimum absolute atomic E-state index is 0.0492. The second kappa shape index (κ2) is 8.92. The number of ether oxygens (including phenoxy) is 3. The molecular weight excluding hydrogens is 460 g/mol. The third-order valence-electron chi connectivity index (χ3n) is 5.28. The Labute approximate surface area is 199 Å². The number of amides is 4. The highest BCUT2D eigenvalue weighted by molar-refractivity contribution is 6.39. The molecule has 9 heteroatoms. The number of hydrogen-bond acceptors (Lipinski definition) is 6. The lowest BCUT2D eigenvalue weighted by Crippen LogP contribution is -2.54. The van der Waals surface area contributed by atoms with Crippen molar-refractivity contribution in [1.82, 2.24) is 5.32 Å². The average molecular weight is 477 g/mol. The molecule has 3 aromatic rings. The van der Waals surface area contributed by atoms with E-state index in [1.807, 2.05) is 18.2 Å². The first-order valence-electron chi connectivity index (χ1n) is 10.3. The van der Waals surface area contributed by atoms with Crippen molar-refractivity contribution < 1.29 is 28.6 Å². The van der Waals surface area contributed by atoms with Crippen LogP contribution in [0.5, 0.6) is 17.2 Å². The van der Waals surface area contributed by atoms with Crippen LogP contribution in [0.2, 0.25) is 5.02 Å². The Morgan fingerprint density at radius 3 is 2.59 bits per heavy atom. The van der Waals surface area contributed by atoms with Crippen molar-refractivity contribution in [2.24, 2.45) is 0 Å². The summed E-state index contributed by atoms with van der Waals surface area (Å²) < 4.78 is 16.5. The second-order valence-corrected chi connectivity index (χ2v) is 7.82. The maximum Gasteiger partial charge on any atom is 0.335 e. The van der Waals surface area contributed by atoms with E-state index in [1.54, 1.807) is 42.5 Å². The maximum absolute atomic E-state index is 13.2. The molecule has 0 radical (unpaired) electrons. The summed E-state index contributed by atoms with van der Waals surface area (Å²) in [5, 5.41) is 2.78. The molecule has 2 aliphatic heterocycles. The number of barbiturate groups is 1. The molecule has 0 atom stereocenters. The molecule has 5 rings (SSSR count). The van der Waals surface area contributed by atoms with Gasteiger partial charge < -0.3 is 14.2 Å². The van der Waals surface area contributed by atoms with Gasteiger partial charge in [-0.05, 0) is 30.3 Å². The molecule has 0 aromatic heterocycles. The molecule has 0 bridgehead atoms. The van der Waals surface area contributed by atoms with Crippen LogP contribution in [0.25, 0.3) is 6.08 Å². The molecule has 8 nitrogen and oxygen atoms in total. The number of anilines is 1. The van der Waals surface area contributed by atoms with Gasteiger partial charge in [-0.1, -0.05) is 48.0 Å². The molecule has 0 spiro atoms. The number of carbonyl (C=O) groups excluding carboxylic acids is 3. The lowest BCUT2D eigenvalue weighted by atomic mass is 10.1. The Morgan fingerprint density at radius 2 is 1.74 bits per heavy atom. The quantitative estimate of drug-likeness (QED) is 0.435. The van der Waals surface area contributed by atoms with Gasteiger partial charge in [0, 0.05) is 22.2 Å². The molecule has 2 aliphatic rings. The highest BCUT2D eigenvalue weighted by Gasteiger charge is 2.37. The van der Waals surface area contributed by atoms with Gasteiger partial charge in [0.05, 0.1) is 5.69 Å². The minimum atomic E-state index is -0.853. The first kappa shape index (κ1) is 21.5. The number of rotatable bonds is 5. The summed E-state index contributed by atoms with van der Waals surface area (Å²) in [4.78, 5) is 39.2. The number of carbonyl (C=O) groups is 3. The maximum atomic E-state index is 13.2. The first-order chi connectivity index (χ1) is 16.5. The molecule has 1 saturated heterocycles. The number of hydrogen-bond donors (Lipinski definition) is 1. The summed E-state index contributed by atoms with van der Waals surface area (Å²) in [6, 6.07) is 18.0. The van der Waals surface area contributed by atoms with Crippen LogP contribution in [-0.4, -0.2) is 24.6 Å². The number of nitrogens with one attached hydrogen (secondary N) is 1. The molecule has 34 heavy (non-hydrogen) atoms. The summed E-state index contributed by atoms with van der Waals surface area (Å²) >= 11 is 6.20. The number of imide groups is 2. The Morgan fingerprint density at radius 1 is 0.971 bits per heavy atom. The van der Waals surface area contributed by atoms with E-state index >= 15 is 0 Å². The second-order valence-electron chi connectivity index (χ2n) is 7.41. The highest BCUT2D eigenvalue weighted by atomic mass is 35.5. The van der Waals surface area contributed by atoms with E-state index < -0.39 is 17.8 Å². The van der Waals surface area contributed by atoms with Crippen LogP contribution >= 0.6 is 11.6 Å². The summed E-state index contributed by atoms with van der Waals surface area (Å²) in [5.74, 6) is -0.215. The van der Waals surface area contributed by atoms with Gasteiger partial charge in [-0.15, -0.1) is 0 Å². The molecular formula is C25H17ClN2O6. The van der Waals surface area contributed by atoms with Crippen molar-refractivity contribution in [1.29, 1.82) is 0 Å². The average Bonchev–Trinajstić information content (AvgIpc) is 3.30. The Bertz CT molecular complexity index is 1350. The smallest absolute Gasteiger partial charge is 0.335 e. The van der Waals surface area contributed by atoms with Gasteiger partial charge in [-0.25, -0.2) is 9.69 Å². The lowest BCUT2D eigenvalue weighted by molar-refractivity contribution is -0.122. The number of nitrogens with zero attached hydrogens (tertiary/aromatic N) is 1. The largest absolute Gasteiger partial charge is 0.488 e. The van der Waals surface area contributed by atoms with Crippen LogP contribution in [0.1, 0.15) is 11.1 Å². The van der Waals surface area contributed by atoms with E-state index in [2.05, 4.69) is 5.32 Å². The van der Waals surface area contributed by atoms with Crippen molar-refractivity contribution in [3.63, 3.8) is 0 Å². The molecule has 2 heterocycles. The fraction of sp³-hybridized carbons (Fsp3) is 0.0800. The van der Waals surface area contributed by atoms with Crippen molar-refractivity contribution >= 4 is 41.2 Å². The molecule has 1 N–H and O–H groups in total. The van der Waals surface area contributed by atoms with E-state index in [1.165, 1.54) is 12.1 Å². The summed E-state index contributed by atoms with van der Waals surface area (Å²) in [5.41, 5.74) is 1.31. The third kappa shape index (κ3) is 4.06. The van der Waals surface area contributed by atoms with Crippen LogP contribution in [0.4, 0.5) is 10.5 Å². The zero-order valence-corrected chi connectivity index (χ0v) is 18.4. The monoisotopic (exact) mass is 476 g/mol. The molecule has 4 amide bonds. The van der Waals surface area contributed by atoms with E-state index in [0.29, 0.717) is 27.8 Å².